The molecular formula is C9H4N2O. The van der Waals surface area contributed by atoms with Crippen molar-refractivity contribution in [1.82, 2.24) is 0 Å². The molecule has 0 amide bonds. The maximum atomic E-state index is 10.3. The van der Waals surface area contributed by atoms with E-state index in [2.05, 4.69) is 9.69 Å². The van der Waals surface area contributed by atoms with Crippen LogP contribution in [0.25, 0.3) is 9.69 Å². The molecule has 0 atom stereocenters. The third-order valence-electron chi connectivity index (χ3n) is 1.38. The lowest BCUT2D eigenvalue weighted by atomic mass is 10.2. The van der Waals surface area contributed by atoms with Crippen LogP contribution in [-0.2, 0) is 0 Å². The largest absolute Gasteiger partial charge is 0.298 e. The molecule has 0 aliphatic rings. The highest BCUT2D eigenvalue weighted by molar-refractivity contribution is 5.82. The fraction of sp³-hybridized carbons (Fsp3) is 0. The smallest absolute Gasteiger partial charge is 0.195 e. The Balaban J connectivity index is 3.34. The second-order valence-corrected chi connectivity index (χ2v) is 2.09. The Morgan fingerprint density at radius 2 is 1.83 bits per heavy atom. The average molecular weight is 156 g/mol. The predicted octanol–water partition coefficient (Wildman–Crippen LogP) is 2.60. The molecule has 0 radical (unpaired) electrons. The molecule has 0 heterocycles. The number of carbonyl (C=O) groups excluding carboxylic acids is 1. The highest BCUT2D eigenvalue weighted by Gasteiger charge is 2.01. The summed E-state index contributed by atoms with van der Waals surface area (Å²) >= 11 is 0. The van der Waals surface area contributed by atoms with Crippen molar-refractivity contribution in [3.63, 3.8) is 0 Å². The lowest BCUT2D eigenvalue weighted by Gasteiger charge is -1.93. The molecule has 0 aliphatic heterocycles. The molecule has 12 heavy (non-hydrogen) atoms. The first-order valence-corrected chi connectivity index (χ1v) is 3.16. The summed E-state index contributed by atoms with van der Waals surface area (Å²) in [7, 11) is 0. The molecule has 0 saturated heterocycles. The third-order valence-corrected chi connectivity index (χ3v) is 1.38. The summed E-state index contributed by atoms with van der Waals surface area (Å²) in [6.07, 6.45) is 0.655. The van der Waals surface area contributed by atoms with Crippen molar-refractivity contribution >= 4 is 17.7 Å². The third kappa shape index (κ3) is 1.31. The van der Waals surface area contributed by atoms with Crippen LogP contribution < -0.4 is 0 Å². The molecule has 0 aromatic heterocycles. The lowest BCUT2D eigenvalue weighted by Crippen LogP contribution is -1.76. The van der Waals surface area contributed by atoms with Crippen LogP contribution in [0.3, 0.4) is 0 Å². The van der Waals surface area contributed by atoms with Gasteiger partial charge in [0.25, 0.3) is 0 Å². The molecule has 1 aromatic rings. The van der Waals surface area contributed by atoms with Crippen molar-refractivity contribution in [3.8, 4) is 0 Å². The van der Waals surface area contributed by atoms with E-state index < -0.39 is 0 Å². The van der Waals surface area contributed by atoms with Gasteiger partial charge in [-0.15, -0.1) is 0 Å². The summed E-state index contributed by atoms with van der Waals surface area (Å²) in [4.78, 5) is 16.6. The molecule has 3 heteroatoms. The van der Waals surface area contributed by atoms with Gasteiger partial charge in [-0.05, 0) is 0 Å². The van der Waals surface area contributed by atoms with Crippen LogP contribution in [0.1, 0.15) is 10.4 Å². The van der Waals surface area contributed by atoms with Gasteiger partial charge in [-0.25, -0.2) is 0 Å². The van der Waals surface area contributed by atoms with Crippen molar-refractivity contribution in [2.75, 3.05) is 0 Å². The number of carbonyl (C=O) groups is 1. The SMILES string of the molecule is [C-]#[N+]c1ccc(C=O)cc1[N+]#[C-]. The quantitative estimate of drug-likeness (QED) is 0.453. The van der Waals surface area contributed by atoms with Gasteiger partial charge in [-0.3, -0.25) is 14.5 Å². The van der Waals surface area contributed by atoms with Crippen LogP contribution in [0, 0.1) is 13.1 Å². The summed E-state index contributed by atoms with van der Waals surface area (Å²) in [6.45, 7) is 13.4. The summed E-state index contributed by atoms with van der Waals surface area (Å²) in [6, 6.07) is 4.41. The molecule has 0 aliphatic carbocycles. The summed E-state index contributed by atoms with van der Waals surface area (Å²) in [5, 5.41) is 0. The van der Waals surface area contributed by atoms with Gasteiger partial charge < -0.3 is 0 Å². The minimum atomic E-state index is 0.231. The number of hydrogen-bond donors (Lipinski definition) is 0. The summed E-state index contributed by atoms with van der Waals surface area (Å²) in [5.41, 5.74) is 0.943. The van der Waals surface area contributed by atoms with Crippen molar-refractivity contribution in [1.29, 1.82) is 0 Å². The van der Waals surface area contributed by atoms with Gasteiger partial charge >= 0.3 is 0 Å². The zero-order valence-corrected chi connectivity index (χ0v) is 6.11. The number of aldehydes is 1. The van der Waals surface area contributed by atoms with E-state index in [1.54, 1.807) is 0 Å². The number of nitrogens with zero attached hydrogens (tertiary/aromatic N) is 2. The fourth-order valence-electron chi connectivity index (χ4n) is 0.798. The topological polar surface area (TPSA) is 25.8 Å². The second kappa shape index (κ2) is 3.32. The van der Waals surface area contributed by atoms with Crippen molar-refractivity contribution in [2.24, 2.45) is 0 Å². The monoisotopic (exact) mass is 156 g/mol. The first kappa shape index (κ1) is 7.97. The average Bonchev–Trinajstić information content (AvgIpc) is 2.16. The minimum absolute atomic E-state index is 0.231. The zero-order chi connectivity index (χ0) is 8.97. The van der Waals surface area contributed by atoms with E-state index in [0.717, 1.165) is 0 Å². The van der Waals surface area contributed by atoms with Crippen LogP contribution in [0.15, 0.2) is 18.2 Å². The first-order chi connectivity index (χ1) is 5.81. The molecule has 1 aromatic carbocycles. The number of rotatable bonds is 1. The number of hydrogen-bond acceptors (Lipinski definition) is 1. The lowest BCUT2D eigenvalue weighted by molar-refractivity contribution is 0.112. The van der Waals surface area contributed by atoms with Gasteiger partial charge in [-0.1, -0.05) is 18.2 Å². The van der Waals surface area contributed by atoms with E-state index >= 15 is 0 Å². The van der Waals surface area contributed by atoms with E-state index in [4.69, 9.17) is 13.1 Å². The fourth-order valence-corrected chi connectivity index (χ4v) is 0.798. The molecule has 56 valence electrons. The molecule has 0 spiro atoms. The molecule has 1 rings (SSSR count). The number of benzene rings is 1. The standard InChI is InChI=1S/C9H4N2O/c1-10-8-4-3-7(6-12)5-9(8)11-2/h3-6H. The Hall–Kier alpha value is -2.13. The van der Waals surface area contributed by atoms with Crippen molar-refractivity contribution in [3.05, 3.63) is 46.6 Å². The van der Waals surface area contributed by atoms with Crippen LogP contribution in [0.2, 0.25) is 0 Å². The highest BCUT2D eigenvalue weighted by atomic mass is 16.1. The predicted molar refractivity (Wildman–Crippen MR) is 44.4 cm³/mol. The zero-order valence-electron chi connectivity index (χ0n) is 6.11. The van der Waals surface area contributed by atoms with Gasteiger partial charge in [0.15, 0.2) is 11.4 Å². The highest BCUT2D eigenvalue weighted by Crippen LogP contribution is 2.28. The van der Waals surface area contributed by atoms with Gasteiger partial charge in [-0.2, -0.15) is 0 Å². The van der Waals surface area contributed by atoms with Crippen LogP contribution in [-0.4, -0.2) is 6.29 Å². The van der Waals surface area contributed by atoms with Gasteiger partial charge in [0, 0.05) is 5.56 Å². The Morgan fingerprint density at radius 3 is 2.33 bits per heavy atom. The van der Waals surface area contributed by atoms with Crippen molar-refractivity contribution in [2.45, 2.75) is 0 Å². The molecule has 3 nitrogen and oxygen atoms in total. The van der Waals surface area contributed by atoms with E-state index in [-0.39, 0.29) is 11.4 Å². The first-order valence-electron chi connectivity index (χ1n) is 3.16. The Labute approximate surface area is 69.9 Å². The van der Waals surface area contributed by atoms with Gasteiger partial charge in [0.05, 0.1) is 13.1 Å². The Kier molecular flexibility index (Phi) is 2.20. The molecular weight excluding hydrogens is 152 g/mol. The maximum absolute atomic E-state index is 10.3. The Morgan fingerprint density at radius 1 is 1.17 bits per heavy atom. The van der Waals surface area contributed by atoms with E-state index in [1.165, 1.54) is 18.2 Å². The van der Waals surface area contributed by atoms with Gasteiger partial charge in [0.2, 0.25) is 0 Å². The summed E-state index contributed by atoms with van der Waals surface area (Å²) in [5.74, 6) is 0. The normalized spacial score (nSPS) is 8.17. The Bertz CT molecular complexity index is 396. The van der Waals surface area contributed by atoms with Crippen LogP contribution in [0.4, 0.5) is 11.4 Å². The molecule has 0 N–H and O–H groups in total. The van der Waals surface area contributed by atoms with Crippen LogP contribution in [0.5, 0.6) is 0 Å². The minimum Gasteiger partial charge on any atom is -0.298 e. The molecule has 0 fully saturated rings. The van der Waals surface area contributed by atoms with E-state index in [9.17, 15) is 4.79 Å². The summed E-state index contributed by atoms with van der Waals surface area (Å²) < 4.78 is 0. The van der Waals surface area contributed by atoms with Gasteiger partial charge in [0.1, 0.15) is 6.29 Å². The maximum Gasteiger partial charge on any atom is 0.195 e. The molecule has 0 saturated carbocycles. The van der Waals surface area contributed by atoms with E-state index in [1.807, 2.05) is 0 Å². The second-order valence-electron chi connectivity index (χ2n) is 2.09. The van der Waals surface area contributed by atoms with Crippen LogP contribution >= 0.6 is 0 Å². The van der Waals surface area contributed by atoms with Crippen molar-refractivity contribution < 1.29 is 4.79 Å². The molecule has 0 bridgehead atoms. The van der Waals surface area contributed by atoms with E-state index in [0.29, 0.717) is 11.8 Å². The molecule has 0 unspecified atom stereocenters.